The van der Waals surface area contributed by atoms with Gasteiger partial charge in [-0.2, -0.15) is 5.26 Å². The zero-order valence-corrected chi connectivity index (χ0v) is 19.9. The number of nitrogens with zero attached hydrogens (tertiary/aromatic N) is 3. The molecule has 0 bridgehead atoms. The summed E-state index contributed by atoms with van der Waals surface area (Å²) in [6, 6.07) is 20.8. The lowest BCUT2D eigenvalue weighted by Gasteiger charge is -2.40. The Hall–Kier alpha value is -2.95. The Kier molecular flexibility index (Phi) is 5.35. The monoisotopic (exact) mass is 487 g/mol. The maximum atomic E-state index is 12.6. The van der Waals surface area contributed by atoms with Crippen LogP contribution in [0.4, 0.5) is 0 Å². The summed E-state index contributed by atoms with van der Waals surface area (Å²) in [7, 11) is 0. The molecule has 1 saturated carbocycles. The molecule has 5 atom stereocenters. The fourth-order valence-corrected chi connectivity index (χ4v) is 6.68. The van der Waals surface area contributed by atoms with Gasteiger partial charge < -0.3 is 19.8 Å². The number of aliphatic hydroxyl groups excluding tert-OH is 1. The van der Waals surface area contributed by atoms with Gasteiger partial charge in [0.2, 0.25) is 0 Å². The van der Waals surface area contributed by atoms with Gasteiger partial charge in [-0.25, -0.2) is 0 Å². The van der Waals surface area contributed by atoms with E-state index in [1.807, 2.05) is 42.5 Å². The Morgan fingerprint density at radius 1 is 1.11 bits per heavy atom. The second-order valence-corrected chi connectivity index (χ2v) is 10.2. The van der Waals surface area contributed by atoms with E-state index in [9.17, 15) is 15.5 Å². The number of nitriles is 1. The Morgan fingerprint density at radius 2 is 1.83 bits per heavy atom. The zero-order valence-electron chi connectivity index (χ0n) is 19.1. The van der Waals surface area contributed by atoms with Crippen molar-refractivity contribution in [2.24, 2.45) is 5.92 Å². The van der Waals surface area contributed by atoms with Crippen LogP contribution in [0.15, 0.2) is 66.9 Å². The van der Waals surface area contributed by atoms with E-state index < -0.39 is 17.3 Å². The van der Waals surface area contributed by atoms with Crippen LogP contribution in [0.3, 0.4) is 0 Å². The van der Waals surface area contributed by atoms with Gasteiger partial charge in [0, 0.05) is 30.6 Å². The van der Waals surface area contributed by atoms with Crippen molar-refractivity contribution in [2.75, 3.05) is 19.6 Å². The van der Waals surface area contributed by atoms with Crippen molar-refractivity contribution in [3.8, 4) is 11.8 Å². The highest BCUT2D eigenvalue weighted by molar-refractivity contribution is 6.30. The summed E-state index contributed by atoms with van der Waals surface area (Å²) >= 11 is 6.26. The van der Waals surface area contributed by atoms with Crippen LogP contribution in [0.1, 0.15) is 41.1 Å². The number of likely N-dealkylation sites (tertiary alicyclic amines) is 1. The second-order valence-electron chi connectivity index (χ2n) is 9.80. The van der Waals surface area contributed by atoms with Crippen LogP contribution in [0.2, 0.25) is 5.02 Å². The largest absolute Gasteiger partial charge is 0.476 e. The van der Waals surface area contributed by atoms with E-state index in [1.54, 1.807) is 18.2 Å². The number of fused-ring (bicyclic) bond motifs is 3. The van der Waals surface area contributed by atoms with Crippen molar-refractivity contribution in [3.05, 3.63) is 94.3 Å². The number of halogens is 1. The highest BCUT2D eigenvalue weighted by Gasteiger charge is 2.76. The van der Waals surface area contributed by atoms with Crippen molar-refractivity contribution in [2.45, 2.75) is 36.1 Å². The van der Waals surface area contributed by atoms with E-state index in [-0.39, 0.29) is 11.8 Å². The molecule has 2 aliphatic heterocycles. The second kappa shape index (κ2) is 8.32. The molecule has 1 aromatic heterocycles. The minimum Gasteiger partial charge on any atom is -0.476 e. The third-order valence-corrected chi connectivity index (χ3v) is 8.19. The zero-order chi connectivity index (χ0) is 24.2. The van der Waals surface area contributed by atoms with Gasteiger partial charge in [-0.1, -0.05) is 54.1 Å². The fourth-order valence-electron chi connectivity index (χ4n) is 6.53. The Morgan fingerprint density at radius 3 is 2.51 bits per heavy atom. The first-order valence-electron chi connectivity index (χ1n) is 12.0. The number of hydrogen-bond acceptors (Lipinski definition) is 6. The number of aromatic nitrogens is 1. The molecule has 1 aliphatic carbocycles. The van der Waals surface area contributed by atoms with E-state index in [1.165, 1.54) is 6.20 Å². The number of benzene rings is 2. The minimum atomic E-state index is -1.81. The van der Waals surface area contributed by atoms with Gasteiger partial charge in [0.05, 0.1) is 22.8 Å². The van der Waals surface area contributed by atoms with E-state index >= 15 is 0 Å². The minimum absolute atomic E-state index is 0.295. The molecule has 6 nitrogen and oxygen atoms in total. The predicted octanol–water partition coefficient (Wildman–Crippen LogP) is 3.95. The lowest BCUT2D eigenvalue weighted by molar-refractivity contribution is -0.153. The first kappa shape index (κ1) is 22.5. The number of rotatable bonds is 4. The lowest BCUT2D eigenvalue weighted by Crippen LogP contribution is -2.52. The molecule has 2 N–H and O–H groups in total. The van der Waals surface area contributed by atoms with E-state index in [2.05, 4.69) is 16.0 Å². The highest BCUT2D eigenvalue weighted by Crippen LogP contribution is 2.68. The molecule has 0 amide bonds. The van der Waals surface area contributed by atoms with Crippen LogP contribution in [0, 0.1) is 17.2 Å². The van der Waals surface area contributed by atoms with Crippen molar-refractivity contribution < 1.29 is 14.9 Å². The Labute approximate surface area is 209 Å². The standard InChI is InChI=1S/C28H26ClN3O3/c29-21-14-23-25(31-16-21)27(34)26(33)22(17-32-12-4-5-13-32)24(19-6-2-1-3-7-19)28(27,35-23)20-10-8-18(15-30)9-11-20/h1-3,6-11,14,16,22,24,26,33-34H,4-5,12-13,17H2/t22-,24-,26+,27+,28-/m0/s1. The summed E-state index contributed by atoms with van der Waals surface area (Å²) in [5.41, 5.74) is -0.713. The summed E-state index contributed by atoms with van der Waals surface area (Å²) in [6.07, 6.45) is 2.60. The van der Waals surface area contributed by atoms with Crippen LogP contribution in [0.25, 0.3) is 0 Å². The molecule has 1 saturated heterocycles. The van der Waals surface area contributed by atoms with Crippen molar-refractivity contribution in [1.29, 1.82) is 5.26 Å². The first-order chi connectivity index (χ1) is 17.0. The highest BCUT2D eigenvalue weighted by atomic mass is 35.5. The number of aliphatic hydroxyl groups is 2. The van der Waals surface area contributed by atoms with Gasteiger partial charge in [0.1, 0.15) is 11.4 Å². The van der Waals surface area contributed by atoms with E-state index in [0.717, 1.165) is 31.5 Å². The average Bonchev–Trinajstić information content (AvgIpc) is 3.53. The molecule has 3 aliphatic rings. The van der Waals surface area contributed by atoms with Gasteiger partial charge in [-0.3, -0.25) is 4.98 Å². The summed E-state index contributed by atoms with van der Waals surface area (Å²) in [5, 5.41) is 34.3. The first-order valence-corrected chi connectivity index (χ1v) is 12.4. The van der Waals surface area contributed by atoms with E-state index in [4.69, 9.17) is 16.3 Å². The molecule has 6 rings (SSSR count). The number of hydrogen-bond donors (Lipinski definition) is 2. The molecule has 178 valence electrons. The average molecular weight is 488 g/mol. The molecule has 0 unspecified atom stereocenters. The van der Waals surface area contributed by atoms with Gasteiger partial charge in [0.15, 0.2) is 11.2 Å². The quantitative estimate of drug-likeness (QED) is 0.579. The molecule has 2 fully saturated rings. The van der Waals surface area contributed by atoms with Crippen LogP contribution in [0.5, 0.6) is 5.75 Å². The molecule has 0 radical (unpaired) electrons. The maximum Gasteiger partial charge on any atom is 0.181 e. The van der Waals surface area contributed by atoms with Crippen LogP contribution < -0.4 is 4.74 Å². The predicted molar refractivity (Wildman–Crippen MR) is 131 cm³/mol. The number of ether oxygens (including phenoxy) is 1. The van der Waals surface area contributed by atoms with Crippen molar-refractivity contribution in [3.63, 3.8) is 0 Å². The summed E-state index contributed by atoms with van der Waals surface area (Å²) in [5.74, 6) is -0.337. The van der Waals surface area contributed by atoms with Crippen molar-refractivity contribution in [1.82, 2.24) is 9.88 Å². The van der Waals surface area contributed by atoms with Gasteiger partial charge in [0.25, 0.3) is 0 Å². The molecule has 2 aromatic carbocycles. The lowest BCUT2D eigenvalue weighted by atomic mass is 9.71. The third-order valence-electron chi connectivity index (χ3n) is 7.99. The van der Waals surface area contributed by atoms with Gasteiger partial charge >= 0.3 is 0 Å². The Balaban J connectivity index is 1.61. The molecular weight excluding hydrogens is 462 g/mol. The molecular formula is C28H26ClN3O3. The van der Waals surface area contributed by atoms with Gasteiger partial charge in [-0.05, 0) is 49.2 Å². The van der Waals surface area contributed by atoms with Crippen LogP contribution in [-0.4, -0.2) is 45.8 Å². The third kappa shape index (κ3) is 3.16. The molecule has 3 heterocycles. The smallest absolute Gasteiger partial charge is 0.181 e. The Bertz CT molecular complexity index is 1290. The summed E-state index contributed by atoms with van der Waals surface area (Å²) in [4.78, 5) is 6.85. The SMILES string of the molecule is N#Cc1ccc([C@@]23Oc4cc(Cl)cnc4[C@@]2(O)[C@H](O)[C@@H](CN2CCCC2)[C@@H]3c2ccccc2)cc1. The molecule has 35 heavy (non-hydrogen) atoms. The number of pyridine rings is 1. The van der Waals surface area contributed by atoms with Gasteiger partial charge in [-0.15, -0.1) is 0 Å². The normalized spacial score (nSPS) is 31.5. The summed E-state index contributed by atoms with van der Waals surface area (Å²) < 4.78 is 6.74. The summed E-state index contributed by atoms with van der Waals surface area (Å²) in [6.45, 7) is 2.57. The van der Waals surface area contributed by atoms with Crippen molar-refractivity contribution >= 4 is 11.6 Å². The van der Waals surface area contributed by atoms with Crippen LogP contribution >= 0.6 is 11.6 Å². The molecule has 3 aromatic rings. The maximum absolute atomic E-state index is 12.6. The van der Waals surface area contributed by atoms with Crippen LogP contribution in [-0.2, 0) is 11.2 Å². The molecule has 7 heteroatoms. The van der Waals surface area contributed by atoms with E-state index in [0.29, 0.717) is 34.1 Å². The molecule has 0 spiro atoms. The topological polar surface area (TPSA) is 89.6 Å². The fraction of sp³-hybridized carbons (Fsp3) is 0.357.